The number of esters is 2. The molecule has 0 aliphatic carbocycles. The van der Waals surface area contributed by atoms with E-state index in [0.29, 0.717) is 11.3 Å². The Bertz CT molecular complexity index is 599. The third kappa shape index (κ3) is 5.07. The Labute approximate surface area is 134 Å². The molecule has 0 radical (unpaired) electrons. The van der Waals surface area contributed by atoms with Crippen LogP contribution in [0.5, 0.6) is 5.75 Å². The molecule has 1 aromatic carbocycles. The van der Waals surface area contributed by atoms with Gasteiger partial charge in [0, 0.05) is 11.6 Å². The molecular formula is C16H19ClO5. The lowest BCUT2D eigenvalue weighted by Gasteiger charge is -2.18. The second-order valence-electron chi connectivity index (χ2n) is 5.43. The summed E-state index contributed by atoms with van der Waals surface area (Å²) in [6, 6.07) is 2.94. The molecule has 0 heterocycles. The van der Waals surface area contributed by atoms with E-state index < -0.39 is 17.5 Å². The van der Waals surface area contributed by atoms with Gasteiger partial charge in [0.15, 0.2) is 0 Å². The first-order valence-corrected chi connectivity index (χ1v) is 6.92. The van der Waals surface area contributed by atoms with Crippen LogP contribution in [0.3, 0.4) is 0 Å². The van der Waals surface area contributed by atoms with E-state index in [0.717, 1.165) is 0 Å². The highest BCUT2D eigenvalue weighted by molar-refractivity contribution is 6.32. The van der Waals surface area contributed by atoms with Gasteiger partial charge < -0.3 is 14.2 Å². The monoisotopic (exact) mass is 326 g/mol. The van der Waals surface area contributed by atoms with E-state index in [1.165, 1.54) is 38.5 Å². The van der Waals surface area contributed by atoms with E-state index in [9.17, 15) is 9.59 Å². The highest BCUT2D eigenvalue weighted by Gasteiger charge is 2.16. The summed E-state index contributed by atoms with van der Waals surface area (Å²) in [5.41, 5.74) is 0.158. The van der Waals surface area contributed by atoms with Gasteiger partial charge in [0.1, 0.15) is 11.4 Å². The molecule has 0 aliphatic rings. The molecule has 0 unspecified atom stereocenters. The number of hydrogen-bond acceptors (Lipinski definition) is 5. The Balaban J connectivity index is 3.09. The quantitative estimate of drug-likeness (QED) is 0.626. The largest absolute Gasteiger partial charge is 0.496 e. The Kier molecular flexibility index (Phi) is 6.00. The molecule has 0 fully saturated rings. The van der Waals surface area contributed by atoms with Crippen LogP contribution in [0, 0.1) is 0 Å². The van der Waals surface area contributed by atoms with Crippen LogP contribution in [0.1, 0.15) is 36.7 Å². The predicted molar refractivity (Wildman–Crippen MR) is 84.2 cm³/mol. The minimum Gasteiger partial charge on any atom is -0.496 e. The maximum absolute atomic E-state index is 11.7. The molecule has 0 atom stereocenters. The highest BCUT2D eigenvalue weighted by Crippen LogP contribution is 2.30. The van der Waals surface area contributed by atoms with Crippen molar-refractivity contribution in [3.05, 3.63) is 34.4 Å². The number of rotatable bonds is 4. The van der Waals surface area contributed by atoms with Gasteiger partial charge in [0.25, 0.3) is 0 Å². The summed E-state index contributed by atoms with van der Waals surface area (Å²) in [5.74, 6) is -0.668. The maximum atomic E-state index is 11.7. The van der Waals surface area contributed by atoms with E-state index in [1.54, 1.807) is 20.8 Å². The lowest BCUT2D eigenvalue weighted by molar-refractivity contribution is -0.148. The fourth-order valence-electron chi connectivity index (χ4n) is 1.65. The van der Waals surface area contributed by atoms with Crippen molar-refractivity contribution < 1.29 is 23.8 Å². The van der Waals surface area contributed by atoms with Gasteiger partial charge in [-0.2, -0.15) is 0 Å². The SMILES string of the molecule is COC(=O)c1cc(Cl)c(C=CC(=O)OC(C)(C)C)c(OC)c1. The van der Waals surface area contributed by atoms with Crippen LogP contribution < -0.4 is 4.74 Å². The molecule has 6 heteroatoms. The van der Waals surface area contributed by atoms with Crippen molar-refractivity contribution in [1.29, 1.82) is 0 Å². The average Bonchev–Trinajstić information content (AvgIpc) is 2.42. The molecule has 5 nitrogen and oxygen atoms in total. The fourth-order valence-corrected chi connectivity index (χ4v) is 1.92. The number of benzene rings is 1. The lowest BCUT2D eigenvalue weighted by Crippen LogP contribution is -2.22. The molecule has 0 spiro atoms. The summed E-state index contributed by atoms with van der Waals surface area (Å²) in [4.78, 5) is 23.2. The van der Waals surface area contributed by atoms with Crippen molar-refractivity contribution in [3.63, 3.8) is 0 Å². The van der Waals surface area contributed by atoms with E-state index >= 15 is 0 Å². The van der Waals surface area contributed by atoms with Gasteiger partial charge in [-0.3, -0.25) is 0 Å². The van der Waals surface area contributed by atoms with Crippen LogP contribution in [0.2, 0.25) is 5.02 Å². The van der Waals surface area contributed by atoms with Crippen LogP contribution >= 0.6 is 11.6 Å². The molecule has 0 saturated heterocycles. The van der Waals surface area contributed by atoms with Crippen molar-refractivity contribution >= 4 is 29.6 Å². The van der Waals surface area contributed by atoms with Crippen LogP contribution in [0.15, 0.2) is 18.2 Å². The standard InChI is InChI=1S/C16H19ClO5/c1-16(2,3)22-14(18)7-6-11-12(17)8-10(15(19)21-5)9-13(11)20-4/h6-9H,1-5H3. The van der Waals surface area contributed by atoms with E-state index in [-0.39, 0.29) is 10.6 Å². The molecule has 0 bridgehead atoms. The summed E-state index contributed by atoms with van der Waals surface area (Å²) in [6.07, 6.45) is 2.74. The number of carbonyl (C=O) groups excluding carboxylic acids is 2. The molecule has 0 aromatic heterocycles. The van der Waals surface area contributed by atoms with Crippen LogP contribution in [0.25, 0.3) is 6.08 Å². The molecule has 22 heavy (non-hydrogen) atoms. The first kappa shape index (κ1) is 18.0. The normalized spacial score (nSPS) is 11.4. The number of hydrogen-bond donors (Lipinski definition) is 0. The summed E-state index contributed by atoms with van der Waals surface area (Å²) < 4.78 is 15.0. The summed E-state index contributed by atoms with van der Waals surface area (Å²) in [5, 5.41) is 0.263. The number of carbonyl (C=O) groups is 2. The van der Waals surface area contributed by atoms with Crippen LogP contribution in [-0.2, 0) is 14.3 Å². The van der Waals surface area contributed by atoms with Gasteiger partial charge in [0.2, 0.25) is 0 Å². The lowest BCUT2D eigenvalue weighted by atomic mass is 10.1. The molecule has 120 valence electrons. The molecule has 0 N–H and O–H groups in total. The first-order valence-electron chi connectivity index (χ1n) is 6.55. The maximum Gasteiger partial charge on any atom is 0.338 e. The van der Waals surface area contributed by atoms with Crippen molar-refractivity contribution in [2.75, 3.05) is 14.2 Å². The fraction of sp³-hybridized carbons (Fsp3) is 0.375. The second-order valence-corrected chi connectivity index (χ2v) is 5.84. The van der Waals surface area contributed by atoms with Gasteiger partial charge >= 0.3 is 11.9 Å². The zero-order chi connectivity index (χ0) is 16.9. The molecular weight excluding hydrogens is 308 g/mol. The van der Waals surface area contributed by atoms with Crippen molar-refractivity contribution in [2.24, 2.45) is 0 Å². The average molecular weight is 327 g/mol. The van der Waals surface area contributed by atoms with Gasteiger partial charge in [-0.05, 0) is 39.0 Å². The zero-order valence-corrected chi connectivity index (χ0v) is 14.0. The van der Waals surface area contributed by atoms with Gasteiger partial charge in [-0.15, -0.1) is 0 Å². The van der Waals surface area contributed by atoms with E-state index in [1.807, 2.05) is 0 Å². The van der Waals surface area contributed by atoms with E-state index in [2.05, 4.69) is 4.74 Å². The van der Waals surface area contributed by atoms with Crippen molar-refractivity contribution in [3.8, 4) is 5.75 Å². The topological polar surface area (TPSA) is 61.8 Å². The Hall–Kier alpha value is -2.01. The van der Waals surface area contributed by atoms with Crippen LogP contribution in [0.4, 0.5) is 0 Å². The first-order chi connectivity index (χ1) is 10.2. The van der Waals surface area contributed by atoms with Gasteiger partial charge in [-0.25, -0.2) is 9.59 Å². The Morgan fingerprint density at radius 2 is 1.82 bits per heavy atom. The smallest absolute Gasteiger partial charge is 0.338 e. The Morgan fingerprint density at radius 1 is 1.18 bits per heavy atom. The summed E-state index contributed by atoms with van der Waals surface area (Å²) in [7, 11) is 2.72. The van der Waals surface area contributed by atoms with Crippen molar-refractivity contribution in [1.82, 2.24) is 0 Å². The van der Waals surface area contributed by atoms with Crippen molar-refractivity contribution in [2.45, 2.75) is 26.4 Å². The second kappa shape index (κ2) is 7.31. The summed E-state index contributed by atoms with van der Waals surface area (Å²) in [6.45, 7) is 5.33. The van der Waals surface area contributed by atoms with Gasteiger partial charge in [0.05, 0.1) is 24.8 Å². The number of ether oxygens (including phenoxy) is 3. The van der Waals surface area contributed by atoms with E-state index in [4.69, 9.17) is 21.1 Å². The molecule has 0 aliphatic heterocycles. The Morgan fingerprint density at radius 3 is 2.32 bits per heavy atom. The summed E-state index contributed by atoms with van der Waals surface area (Å²) >= 11 is 6.14. The number of methoxy groups -OCH3 is 2. The molecule has 1 aromatic rings. The predicted octanol–water partition coefficient (Wildman–Crippen LogP) is 3.49. The minimum atomic E-state index is -0.579. The van der Waals surface area contributed by atoms with Crippen LogP contribution in [-0.4, -0.2) is 31.8 Å². The molecule has 1 rings (SSSR count). The minimum absolute atomic E-state index is 0.263. The highest BCUT2D eigenvalue weighted by atomic mass is 35.5. The zero-order valence-electron chi connectivity index (χ0n) is 13.2. The number of halogens is 1. The third-order valence-corrected chi connectivity index (χ3v) is 2.84. The molecule has 0 saturated carbocycles. The molecule has 0 amide bonds. The van der Waals surface area contributed by atoms with Gasteiger partial charge in [-0.1, -0.05) is 11.6 Å². The third-order valence-electron chi connectivity index (χ3n) is 2.53.